The minimum absolute atomic E-state index is 0.0834. The van der Waals surface area contributed by atoms with E-state index < -0.39 is 5.41 Å². The van der Waals surface area contributed by atoms with Gasteiger partial charge in [0.15, 0.2) is 0 Å². The van der Waals surface area contributed by atoms with Crippen molar-refractivity contribution in [3.63, 3.8) is 0 Å². The average Bonchev–Trinajstić information content (AvgIpc) is 3.21. The summed E-state index contributed by atoms with van der Waals surface area (Å²) in [4.78, 5) is 38.1. The van der Waals surface area contributed by atoms with Gasteiger partial charge in [-0.1, -0.05) is 160 Å². The van der Waals surface area contributed by atoms with Crippen molar-refractivity contribution in [2.75, 3.05) is 19.8 Å². The number of hydrogen-bond acceptors (Lipinski definition) is 6. The second-order valence-corrected chi connectivity index (χ2v) is 15.9. The predicted octanol–water partition coefficient (Wildman–Crippen LogP) is 14.9. The molecule has 324 valence electrons. The SMILES string of the molecule is CC.CCCCC/C=C\C/C=C\CCCCCCCC(=O)OCC(COC(=O)CCCCCCC/C=C\C/C=C\CCCCC)COC(=O)C1(C)CCCCC1. The van der Waals surface area contributed by atoms with Crippen LogP contribution in [0.1, 0.15) is 221 Å². The maximum absolute atomic E-state index is 13.0. The van der Waals surface area contributed by atoms with Crippen LogP contribution in [-0.2, 0) is 28.6 Å². The minimum Gasteiger partial charge on any atom is -0.465 e. The van der Waals surface area contributed by atoms with Gasteiger partial charge in [0.05, 0.1) is 11.3 Å². The lowest BCUT2D eigenvalue weighted by Gasteiger charge is -2.31. The Morgan fingerprint density at radius 1 is 0.482 bits per heavy atom. The molecule has 0 N–H and O–H groups in total. The summed E-state index contributed by atoms with van der Waals surface area (Å²) in [6.07, 6.45) is 48.8. The molecule has 0 atom stereocenters. The van der Waals surface area contributed by atoms with Crippen LogP contribution in [0.4, 0.5) is 0 Å². The number of unbranched alkanes of at least 4 members (excludes halogenated alkanes) is 16. The molecule has 0 aromatic heterocycles. The van der Waals surface area contributed by atoms with E-state index in [9.17, 15) is 14.4 Å². The molecule has 6 nitrogen and oxygen atoms in total. The molecule has 0 saturated heterocycles. The van der Waals surface area contributed by atoms with Crippen LogP contribution in [0.2, 0.25) is 0 Å². The fourth-order valence-electron chi connectivity index (χ4n) is 6.78. The summed E-state index contributed by atoms with van der Waals surface area (Å²) >= 11 is 0. The van der Waals surface area contributed by atoms with E-state index in [4.69, 9.17) is 14.2 Å². The highest BCUT2D eigenvalue weighted by atomic mass is 16.6. The van der Waals surface area contributed by atoms with Crippen molar-refractivity contribution < 1.29 is 28.6 Å². The molecule has 1 saturated carbocycles. The van der Waals surface area contributed by atoms with Crippen LogP contribution in [0.3, 0.4) is 0 Å². The third kappa shape index (κ3) is 33.5. The molecule has 0 aromatic carbocycles. The number of rotatable bonds is 35. The maximum Gasteiger partial charge on any atom is 0.311 e. The van der Waals surface area contributed by atoms with Crippen molar-refractivity contribution in [3.05, 3.63) is 48.6 Å². The molecule has 1 aliphatic carbocycles. The minimum atomic E-state index is -0.460. The van der Waals surface area contributed by atoms with E-state index in [1.54, 1.807) is 0 Å². The quantitative estimate of drug-likeness (QED) is 0.0276. The number of carbonyl (C=O) groups is 3. The zero-order chi connectivity index (χ0) is 41.2. The first kappa shape index (κ1) is 53.4. The zero-order valence-corrected chi connectivity index (χ0v) is 37.3. The fraction of sp³-hybridized carbons (Fsp3) is 0.780. The molecule has 0 bridgehead atoms. The Morgan fingerprint density at radius 2 is 0.839 bits per heavy atom. The summed E-state index contributed by atoms with van der Waals surface area (Å²) in [5.74, 6) is -1.05. The van der Waals surface area contributed by atoms with Crippen LogP contribution < -0.4 is 0 Å². The Kier molecular flexibility index (Phi) is 38.7. The lowest BCUT2D eigenvalue weighted by molar-refractivity contribution is -0.161. The fourth-order valence-corrected chi connectivity index (χ4v) is 6.78. The molecule has 1 rings (SSSR count). The van der Waals surface area contributed by atoms with Crippen LogP contribution >= 0.6 is 0 Å². The normalized spacial score (nSPS) is 14.2. The second kappa shape index (κ2) is 40.6. The van der Waals surface area contributed by atoms with Crippen LogP contribution in [0, 0.1) is 11.3 Å². The highest BCUT2D eigenvalue weighted by Crippen LogP contribution is 2.37. The summed E-state index contributed by atoms with van der Waals surface area (Å²) < 4.78 is 17.0. The summed E-state index contributed by atoms with van der Waals surface area (Å²) in [6, 6.07) is 0. The molecule has 1 aliphatic rings. The third-order valence-corrected chi connectivity index (χ3v) is 10.5. The smallest absolute Gasteiger partial charge is 0.311 e. The van der Waals surface area contributed by atoms with Crippen molar-refractivity contribution in [2.24, 2.45) is 11.3 Å². The summed E-state index contributed by atoms with van der Waals surface area (Å²) in [5, 5.41) is 0. The van der Waals surface area contributed by atoms with Gasteiger partial charge in [-0.15, -0.1) is 0 Å². The molecule has 0 unspecified atom stereocenters. The first-order chi connectivity index (χ1) is 27.4. The predicted molar refractivity (Wildman–Crippen MR) is 238 cm³/mol. The Hall–Kier alpha value is -2.63. The number of carbonyl (C=O) groups excluding carboxylic acids is 3. The van der Waals surface area contributed by atoms with E-state index in [-0.39, 0.29) is 43.6 Å². The number of hydrogen-bond donors (Lipinski definition) is 0. The zero-order valence-electron chi connectivity index (χ0n) is 37.3. The Balaban J connectivity index is 0.0000149. The van der Waals surface area contributed by atoms with Gasteiger partial charge in [-0.3, -0.25) is 14.4 Å². The summed E-state index contributed by atoms with van der Waals surface area (Å²) in [6.45, 7) is 10.7. The van der Waals surface area contributed by atoms with E-state index >= 15 is 0 Å². The van der Waals surface area contributed by atoms with E-state index in [2.05, 4.69) is 62.5 Å². The van der Waals surface area contributed by atoms with Gasteiger partial charge in [0.2, 0.25) is 0 Å². The second-order valence-electron chi connectivity index (χ2n) is 15.9. The molecule has 0 aliphatic heterocycles. The highest BCUT2D eigenvalue weighted by molar-refractivity contribution is 5.76. The Morgan fingerprint density at radius 3 is 1.25 bits per heavy atom. The van der Waals surface area contributed by atoms with Gasteiger partial charge in [0, 0.05) is 12.8 Å². The number of ether oxygens (including phenoxy) is 3. The molecular formula is C50H88O6. The molecule has 0 heterocycles. The molecule has 6 heteroatoms. The van der Waals surface area contributed by atoms with Crippen LogP contribution in [0.25, 0.3) is 0 Å². The van der Waals surface area contributed by atoms with Crippen LogP contribution in [0.5, 0.6) is 0 Å². The van der Waals surface area contributed by atoms with Crippen LogP contribution in [-0.4, -0.2) is 37.7 Å². The Bertz CT molecular complexity index is 972. The summed E-state index contributed by atoms with van der Waals surface area (Å²) in [5.41, 5.74) is -0.460. The molecular weight excluding hydrogens is 697 g/mol. The topological polar surface area (TPSA) is 78.9 Å². The third-order valence-electron chi connectivity index (χ3n) is 10.5. The molecule has 0 aromatic rings. The standard InChI is InChI=1S/C48H82O6.C2H6/c1-4-6-8-10-12-14-16-18-20-22-24-26-28-30-33-37-45(49)52-41-44(43-54-47(51)48(3)39-35-32-36-40-48)42-53-46(50)38-34-31-29-27-25-23-21-19-17-15-13-11-9-7-5-2;1-2/h12-15,18-21,44H,4-11,16-17,22-43H2,1-3H3;1-2H3/b14-12-,15-13-,20-18-,21-19-;. The maximum atomic E-state index is 13.0. The lowest BCUT2D eigenvalue weighted by atomic mass is 9.76. The van der Waals surface area contributed by atoms with Crippen molar-refractivity contribution in [3.8, 4) is 0 Å². The van der Waals surface area contributed by atoms with Gasteiger partial charge < -0.3 is 14.2 Å². The monoisotopic (exact) mass is 785 g/mol. The van der Waals surface area contributed by atoms with Gasteiger partial charge in [-0.2, -0.15) is 0 Å². The first-order valence-corrected chi connectivity index (χ1v) is 23.5. The van der Waals surface area contributed by atoms with E-state index in [1.807, 2.05) is 20.8 Å². The molecule has 0 spiro atoms. The summed E-state index contributed by atoms with van der Waals surface area (Å²) in [7, 11) is 0. The molecule has 0 amide bonds. The Labute approximate surface area is 346 Å². The lowest BCUT2D eigenvalue weighted by Crippen LogP contribution is -2.34. The molecule has 56 heavy (non-hydrogen) atoms. The average molecular weight is 785 g/mol. The van der Waals surface area contributed by atoms with E-state index in [0.717, 1.165) is 96.3 Å². The van der Waals surface area contributed by atoms with E-state index in [1.165, 1.54) is 77.0 Å². The number of esters is 3. The van der Waals surface area contributed by atoms with E-state index in [0.29, 0.717) is 12.8 Å². The van der Waals surface area contributed by atoms with Crippen LogP contribution in [0.15, 0.2) is 48.6 Å². The largest absolute Gasteiger partial charge is 0.465 e. The van der Waals surface area contributed by atoms with Crippen molar-refractivity contribution in [2.45, 2.75) is 221 Å². The highest BCUT2D eigenvalue weighted by Gasteiger charge is 2.36. The van der Waals surface area contributed by atoms with Gasteiger partial charge in [0.1, 0.15) is 19.8 Å². The van der Waals surface area contributed by atoms with Gasteiger partial charge >= 0.3 is 17.9 Å². The number of allylic oxidation sites excluding steroid dienone is 8. The van der Waals surface area contributed by atoms with Gasteiger partial charge in [0.25, 0.3) is 0 Å². The van der Waals surface area contributed by atoms with Gasteiger partial charge in [-0.25, -0.2) is 0 Å². The van der Waals surface area contributed by atoms with Crippen molar-refractivity contribution in [1.82, 2.24) is 0 Å². The van der Waals surface area contributed by atoms with Crippen molar-refractivity contribution >= 4 is 17.9 Å². The van der Waals surface area contributed by atoms with Gasteiger partial charge in [-0.05, 0) is 96.8 Å². The molecule has 1 fully saturated rings. The first-order valence-electron chi connectivity index (χ1n) is 23.5. The molecule has 0 radical (unpaired) electrons. The van der Waals surface area contributed by atoms with Crippen molar-refractivity contribution in [1.29, 1.82) is 0 Å².